The van der Waals surface area contributed by atoms with E-state index in [1.54, 1.807) is 12.2 Å². The molecule has 122 valence electrons. The van der Waals surface area contributed by atoms with Crippen LogP contribution >= 0.6 is 0 Å². The highest BCUT2D eigenvalue weighted by atomic mass is 16.1. The number of nitrogens with one attached hydrogen (secondary N) is 1. The second kappa shape index (κ2) is 4.65. The lowest BCUT2D eigenvalue weighted by molar-refractivity contribution is -0.147. The quantitative estimate of drug-likeness (QED) is 0.746. The van der Waals surface area contributed by atoms with Crippen molar-refractivity contribution >= 4 is 17.5 Å². The summed E-state index contributed by atoms with van der Waals surface area (Å²) >= 11 is 0. The fourth-order valence-corrected chi connectivity index (χ4v) is 5.69. The number of hydrogen-bond acceptors (Lipinski definition) is 3. The van der Waals surface area contributed by atoms with Crippen LogP contribution < -0.4 is 5.32 Å². The van der Waals surface area contributed by atoms with Gasteiger partial charge in [0.05, 0.1) is 0 Å². The maximum absolute atomic E-state index is 13.1. The zero-order valence-corrected chi connectivity index (χ0v) is 13.7. The van der Waals surface area contributed by atoms with Crippen LogP contribution in [0.3, 0.4) is 0 Å². The average molecular weight is 313 g/mol. The first kappa shape index (κ1) is 14.9. The third-order valence-electron chi connectivity index (χ3n) is 6.95. The number of rotatable bonds is 0. The molecule has 4 aliphatic rings. The van der Waals surface area contributed by atoms with E-state index in [0.717, 1.165) is 24.8 Å². The van der Waals surface area contributed by atoms with Gasteiger partial charge in [0.1, 0.15) is 5.78 Å². The van der Waals surface area contributed by atoms with Crippen LogP contribution in [-0.4, -0.2) is 24.0 Å². The summed E-state index contributed by atoms with van der Waals surface area (Å²) in [7, 11) is 0. The number of ketones is 2. The number of carbonyl (C=O) groups excluding carboxylic acids is 3. The van der Waals surface area contributed by atoms with Gasteiger partial charge in [0, 0.05) is 35.8 Å². The van der Waals surface area contributed by atoms with E-state index in [1.165, 1.54) is 0 Å². The molecule has 2 fully saturated rings. The Morgan fingerprint density at radius 1 is 1.17 bits per heavy atom. The van der Waals surface area contributed by atoms with Crippen molar-refractivity contribution in [3.63, 3.8) is 0 Å². The van der Waals surface area contributed by atoms with Gasteiger partial charge < -0.3 is 5.32 Å². The first-order chi connectivity index (χ1) is 10.9. The summed E-state index contributed by atoms with van der Waals surface area (Å²) in [6.45, 7) is 4.72. The third-order valence-corrected chi connectivity index (χ3v) is 6.95. The number of hydrogen-bond donors (Lipinski definition) is 1. The fraction of sp³-hybridized carbons (Fsp3) is 0.632. The first-order valence-electron chi connectivity index (χ1n) is 8.60. The molecule has 1 N–H and O–H groups in total. The maximum Gasteiger partial charge on any atom is 0.243 e. The highest BCUT2D eigenvalue weighted by Crippen LogP contribution is 2.61. The van der Waals surface area contributed by atoms with Gasteiger partial charge in [-0.05, 0) is 37.2 Å². The van der Waals surface area contributed by atoms with Gasteiger partial charge in [0.15, 0.2) is 5.78 Å². The molecule has 0 bridgehead atoms. The van der Waals surface area contributed by atoms with Crippen molar-refractivity contribution in [2.24, 2.45) is 28.6 Å². The minimum absolute atomic E-state index is 0.0359. The predicted octanol–water partition coefficient (Wildman–Crippen LogP) is 2.20. The van der Waals surface area contributed by atoms with Gasteiger partial charge in [-0.25, -0.2) is 0 Å². The molecule has 2 saturated carbocycles. The van der Waals surface area contributed by atoms with E-state index in [-0.39, 0.29) is 40.6 Å². The van der Waals surface area contributed by atoms with Gasteiger partial charge in [-0.2, -0.15) is 0 Å². The minimum Gasteiger partial charge on any atom is -0.353 e. The van der Waals surface area contributed by atoms with Crippen LogP contribution in [0.5, 0.6) is 0 Å². The zero-order chi connectivity index (χ0) is 16.4. The normalized spacial score (nSPS) is 45.6. The molecule has 0 spiro atoms. The second-order valence-corrected chi connectivity index (χ2v) is 8.12. The monoisotopic (exact) mass is 313 g/mol. The molecule has 0 aromatic carbocycles. The Morgan fingerprint density at radius 2 is 1.96 bits per heavy atom. The lowest BCUT2D eigenvalue weighted by Gasteiger charge is -2.54. The lowest BCUT2D eigenvalue weighted by atomic mass is 9.48. The molecular weight excluding hydrogens is 290 g/mol. The Bertz CT molecular complexity index is 676. The molecule has 1 aliphatic heterocycles. The summed E-state index contributed by atoms with van der Waals surface area (Å²) in [4.78, 5) is 37.2. The predicted molar refractivity (Wildman–Crippen MR) is 85.4 cm³/mol. The number of fused-ring (bicyclic) bond motifs is 5. The highest BCUT2D eigenvalue weighted by Gasteiger charge is 2.60. The smallest absolute Gasteiger partial charge is 0.243 e. The summed E-state index contributed by atoms with van der Waals surface area (Å²) < 4.78 is 0. The Kier molecular flexibility index (Phi) is 3.00. The molecule has 1 amide bonds. The fourth-order valence-electron chi connectivity index (χ4n) is 5.69. The Hall–Kier alpha value is -1.71. The van der Waals surface area contributed by atoms with Crippen LogP contribution in [0, 0.1) is 28.6 Å². The summed E-state index contributed by atoms with van der Waals surface area (Å²) in [5, 5.41) is 2.90. The average Bonchev–Trinajstić information content (AvgIpc) is 2.67. The van der Waals surface area contributed by atoms with Crippen LogP contribution in [0.1, 0.15) is 39.5 Å². The van der Waals surface area contributed by atoms with E-state index in [1.807, 2.05) is 13.0 Å². The van der Waals surface area contributed by atoms with Crippen molar-refractivity contribution in [1.82, 2.24) is 5.32 Å². The van der Waals surface area contributed by atoms with E-state index in [4.69, 9.17) is 0 Å². The highest BCUT2D eigenvalue weighted by molar-refractivity contribution is 6.02. The summed E-state index contributed by atoms with van der Waals surface area (Å²) in [6, 6.07) is 0. The summed E-state index contributed by atoms with van der Waals surface area (Å²) in [5.41, 5.74) is 0.341. The topological polar surface area (TPSA) is 63.2 Å². The number of Topliss-reactive ketones (excluding diaryl/α,β-unsaturated/α-hetero) is 1. The molecule has 5 atom stereocenters. The molecular formula is C19H23NO3. The molecule has 0 saturated heterocycles. The van der Waals surface area contributed by atoms with Crippen molar-refractivity contribution in [2.45, 2.75) is 39.5 Å². The van der Waals surface area contributed by atoms with E-state index in [0.29, 0.717) is 13.0 Å². The number of amides is 1. The molecule has 1 heterocycles. The standard InChI is InChI=1S/C19H23NO3/c1-18-7-8-20-16(23)9-11(18)3-4-12-13-5-6-15(22)19(13,2)10-14(21)17(12)18/h5-6,9,12-13,17H,3-4,7-8,10H2,1-2H3,(H,20,23). The van der Waals surface area contributed by atoms with Crippen LogP contribution in [0.2, 0.25) is 0 Å². The molecule has 4 heteroatoms. The first-order valence-corrected chi connectivity index (χ1v) is 8.60. The Labute approximate surface area is 136 Å². The van der Waals surface area contributed by atoms with Crippen LogP contribution in [0.4, 0.5) is 0 Å². The maximum atomic E-state index is 13.1. The van der Waals surface area contributed by atoms with Crippen molar-refractivity contribution in [1.29, 1.82) is 0 Å². The SMILES string of the molecule is CC12CC(=O)C3C(CCC4=CC(=O)NCCC43C)C1C=CC2=O. The molecule has 0 aromatic heterocycles. The van der Waals surface area contributed by atoms with Gasteiger partial charge in [-0.3, -0.25) is 14.4 Å². The van der Waals surface area contributed by atoms with Crippen molar-refractivity contribution in [3.8, 4) is 0 Å². The van der Waals surface area contributed by atoms with Crippen molar-refractivity contribution in [2.75, 3.05) is 6.54 Å². The second-order valence-electron chi connectivity index (χ2n) is 8.12. The zero-order valence-electron chi connectivity index (χ0n) is 13.7. The van der Waals surface area contributed by atoms with Crippen LogP contribution in [0.15, 0.2) is 23.8 Å². The van der Waals surface area contributed by atoms with E-state index < -0.39 is 5.41 Å². The summed E-state index contributed by atoms with van der Waals surface area (Å²) in [6.07, 6.45) is 8.35. The van der Waals surface area contributed by atoms with Crippen LogP contribution in [0.25, 0.3) is 0 Å². The molecule has 5 unspecified atom stereocenters. The van der Waals surface area contributed by atoms with Crippen molar-refractivity contribution < 1.29 is 14.4 Å². The molecule has 23 heavy (non-hydrogen) atoms. The van der Waals surface area contributed by atoms with Gasteiger partial charge in [0.2, 0.25) is 5.91 Å². The minimum atomic E-state index is -0.533. The Balaban J connectivity index is 1.78. The van der Waals surface area contributed by atoms with Gasteiger partial charge in [-0.15, -0.1) is 0 Å². The Morgan fingerprint density at radius 3 is 2.74 bits per heavy atom. The van der Waals surface area contributed by atoms with E-state index >= 15 is 0 Å². The largest absolute Gasteiger partial charge is 0.353 e. The molecule has 3 aliphatic carbocycles. The summed E-state index contributed by atoms with van der Waals surface area (Å²) in [5.74, 6) is 0.615. The van der Waals surface area contributed by atoms with Gasteiger partial charge in [0.25, 0.3) is 0 Å². The van der Waals surface area contributed by atoms with E-state index in [9.17, 15) is 14.4 Å². The van der Waals surface area contributed by atoms with Gasteiger partial charge >= 0.3 is 0 Å². The lowest BCUT2D eigenvalue weighted by Crippen LogP contribution is -2.54. The number of allylic oxidation sites excluding steroid dienone is 3. The molecule has 4 rings (SSSR count). The van der Waals surface area contributed by atoms with Crippen LogP contribution in [-0.2, 0) is 14.4 Å². The van der Waals surface area contributed by atoms with E-state index in [2.05, 4.69) is 12.2 Å². The number of carbonyl (C=O) groups is 3. The van der Waals surface area contributed by atoms with Crippen molar-refractivity contribution in [3.05, 3.63) is 23.8 Å². The third kappa shape index (κ3) is 1.87. The molecule has 4 nitrogen and oxygen atoms in total. The molecule has 0 aromatic rings. The molecule has 0 radical (unpaired) electrons. The van der Waals surface area contributed by atoms with Gasteiger partial charge in [-0.1, -0.05) is 25.5 Å².